The SMILES string of the molecule is COc1ccc(CN(C)S(=O)(=O)c2c[nH]c(CN)c2)cc1. The molecule has 1 aromatic heterocycles. The maximum Gasteiger partial charge on any atom is 0.244 e. The van der Waals surface area contributed by atoms with Gasteiger partial charge in [0, 0.05) is 32.0 Å². The van der Waals surface area contributed by atoms with E-state index in [2.05, 4.69) is 4.98 Å². The van der Waals surface area contributed by atoms with Gasteiger partial charge in [-0.3, -0.25) is 0 Å². The number of aromatic nitrogens is 1. The lowest BCUT2D eigenvalue weighted by molar-refractivity contribution is 0.414. The van der Waals surface area contributed by atoms with E-state index in [1.807, 2.05) is 12.1 Å². The van der Waals surface area contributed by atoms with Crippen LogP contribution in [0.5, 0.6) is 5.75 Å². The Morgan fingerprint density at radius 3 is 2.48 bits per heavy atom. The molecule has 0 bridgehead atoms. The number of hydrogen-bond acceptors (Lipinski definition) is 4. The monoisotopic (exact) mass is 309 g/mol. The molecule has 0 radical (unpaired) electrons. The largest absolute Gasteiger partial charge is 0.497 e. The van der Waals surface area contributed by atoms with E-state index in [0.29, 0.717) is 5.69 Å². The van der Waals surface area contributed by atoms with Crippen LogP contribution in [0.15, 0.2) is 41.4 Å². The van der Waals surface area contributed by atoms with E-state index in [-0.39, 0.29) is 18.0 Å². The molecule has 2 aromatic rings. The van der Waals surface area contributed by atoms with E-state index in [9.17, 15) is 8.42 Å². The number of nitrogens with one attached hydrogen (secondary N) is 1. The quantitative estimate of drug-likeness (QED) is 0.842. The zero-order chi connectivity index (χ0) is 15.5. The van der Waals surface area contributed by atoms with Gasteiger partial charge in [-0.15, -0.1) is 0 Å². The smallest absolute Gasteiger partial charge is 0.244 e. The first-order chi connectivity index (χ1) is 9.97. The summed E-state index contributed by atoms with van der Waals surface area (Å²) in [6.45, 7) is 0.563. The molecule has 0 aliphatic rings. The van der Waals surface area contributed by atoms with Crippen molar-refractivity contribution in [2.45, 2.75) is 18.0 Å². The average molecular weight is 309 g/mol. The van der Waals surface area contributed by atoms with Crippen LogP contribution in [-0.4, -0.2) is 31.9 Å². The molecule has 114 valence electrons. The molecule has 3 N–H and O–H groups in total. The summed E-state index contributed by atoms with van der Waals surface area (Å²) in [4.78, 5) is 3.07. The van der Waals surface area contributed by atoms with Crippen molar-refractivity contribution in [3.63, 3.8) is 0 Å². The van der Waals surface area contributed by atoms with Crippen LogP contribution >= 0.6 is 0 Å². The number of hydrogen-bond donors (Lipinski definition) is 2. The highest BCUT2D eigenvalue weighted by Crippen LogP contribution is 2.19. The third kappa shape index (κ3) is 3.44. The summed E-state index contributed by atoms with van der Waals surface area (Å²) in [6, 6.07) is 8.84. The number of rotatable bonds is 6. The molecule has 0 atom stereocenters. The molecular formula is C14H19N3O3S. The Bertz CT molecular complexity index is 693. The molecule has 0 saturated heterocycles. The van der Waals surface area contributed by atoms with Crippen LogP contribution in [0.3, 0.4) is 0 Å². The van der Waals surface area contributed by atoms with Crippen LogP contribution in [0.1, 0.15) is 11.3 Å². The second-order valence-corrected chi connectivity index (χ2v) is 6.72. The minimum atomic E-state index is -3.53. The average Bonchev–Trinajstić information content (AvgIpc) is 2.97. The standard InChI is InChI=1S/C14H19N3O3S/c1-17(10-11-3-5-13(20-2)6-4-11)21(18,19)14-7-12(8-15)16-9-14/h3-7,9,16H,8,10,15H2,1-2H3. The number of aromatic amines is 1. The number of sulfonamides is 1. The Labute approximate surface area is 124 Å². The Morgan fingerprint density at radius 2 is 1.95 bits per heavy atom. The van der Waals surface area contributed by atoms with Crippen LogP contribution in [0.4, 0.5) is 0 Å². The Balaban J connectivity index is 2.15. The Morgan fingerprint density at radius 1 is 1.29 bits per heavy atom. The predicted octanol–water partition coefficient (Wildman–Crippen LogP) is 1.30. The van der Waals surface area contributed by atoms with E-state index >= 15 is 0 Å². The molecule has 7 heteroatoms. The zero-order valence-electron chi connectivity index (χ0n) is 12.0. The van der Waals surface area contributed by atoms with Crippen molar-refractivity contribution in [1.82, 2.24) is 9.29 Å². The van der Waals surface area contributed by atoms with Crippen molar-refractivity contribution in [3.05, 3.63) is 47.8 Å². The van der Waals surface area contributed by atoms with E-state index in [1.165, 1.54) is 10.5 Å². The van der Waals surface area contributed by atoms with Gasteiger partial charge in [0.05, 0.1) is 12.0 Å². The third-order valence-corrected chi connectivity index (χ3v) is 4.99. The fourth-order valence-corrected chi connectivity index (χ4v) is 3.12. The molecule has 0 aliphatic carbocycles. The van der Waals surface area contributed by atoms with Gasteiger partial charge < -0.3 is 15.5 Å². The van der Waals surface area contributed by atoms with E-state index in [0.717, 1.165) is 11.3 Å². The fourth-order valence-electron chi connectivity index (χ4n) is 1.94. The molecule has 1 heterocycles. The molecule has 2 rings (SSSR count). The van der Waals surface area contributed by atoms with Gasteiger partial charge in [0.1, 0.15) is 5.75 Å². The minimum absolute atomic E-state index is 0.221. The molecule has 0 amide bonds. The number of methoxy groups -OCH3 is 1. The van der Waals surface area contributed by atoms with Crippen LogP contribution in [0.2, 0.25) is 0 Å². The second-order valence-electron chi connectivity index (χ2n) is 4.67. The number of nitrogens with zero attached hydrogens (tertiary/aromatic N) is 1. The van der Waals surface area contributed by atoms with E-state index in [4.69, 9.17) is 10.5 Å². The molecule has 6 nitrogen and oxygen atoms in total. The predicted molar refractivity (Wildman–Crippen MR) is 80.3 cm³/mol. The summed E-state index contributed by atoms with van der Waals surface area (Å²) in [7, 11) is -0.387. The topological polar surface area (TPSA) is 88.4 Å². The lowest BCUT2D eigenvalue weighted by atomic mass is 10.2. The van der Waals surface area contributed by atoms with E-state index in [1.54, 1.807) is 32.4 Å². The number of H-pyrrole nitrogens is 1. The number of benzene rings is 1. The summed E-state index contributed by atoms with van der Waals surface area (Å²) in [5.74, 6) is 0.738. The number of ether oxygens (including phenoxy) is 1. The first kappa shape index (κ1) is 15.6. The minimum Gasteiger partial charge on any atom is -0.497 e. The third-order valence-electron chi connectivity index (χ3n) is 3.21. The maximum atomic E-state index is 12.4. The van der Waals surface area contributed by atoms with Gasteiger partial charge in [-0.05, 0) is 23.8 Å². The summed E-state index contributed by atoms with van der Waals surface area (Å²) in [5, 5.41) is 0. The lowest BCUT2D eigenvalue weighted by Gasteiger charge is -2.16. The van der Waals surface area contributed by atoms with Gasteiger partial charge in [0.2, 0.25) is 10.0 Å². The first-order valence-electron chi connectivity index (χ1n) is 6.44. The van der Waals surface area contributed by atoms with Crippen LogP contribution in [0, 0.1) is 0 Å². The summed E-state index contributed by atoms with van der Waals surface area (Å²) < 4.78 is 31.2. The summed E-state index contributed by atoms with van der Waals surface area (Å²) >= 11 is 0. The highest BCUT2D eigenvalue weighted by molar-refractivity contribution is 7.89. The van der Waals surface area contributed by atoms with E-state index < -0.39 is 10.0 Å². The van der Waals surface area contributed by atoms with Gasteiger partial charge in [-0.25, -0.2) is 8.42 Å². The van der Waals surface area contributed by atoms with Crippen molar-refractivity contribution in [1.29, 1.82) is 0 Å². The number of nitrogens with two attached hydrogens (primary N) is 1. The molecule has 0 saturated carbocycles. The van der Waals surface area contributed by atoms with Crippen LogP contribution in [0.25, 0.3) is 0 Å². The molecule has 0 unspecified atom stereocenters. The molecular weight excluding hydrogens is 290 g/mol. The van der Waals surface area contributed by atoms with Gasteiger partial charge >= 0.3 is 0 Å². The second kappa shape index (κ2) is 6.30. The van der Waals surface area contributed by atoms with Gasteiger partial charge in [0.25, 0.3) is 0 Å². The van der Waals surface area contributed by atoms with Gasteiger partial charge in [-0.1, -0.05) is 12.1 Å². The Hall–Kier alpha value is -1.83. The zero-order valence-corrected chi connectivity index (χ0v) is 12.9. The molecule has 0 spiro atoms. The van der Waals surface area contributed by atoms with Gasteiger partial charge in [-0.2, -0.15) is 4.31 Å². The maximum absolute atomic E-state index is 12.4. The highest BCUT2D eigenvalue weighted by atomic mass is 32.2. The summed E-state index contributed by atoms with van der Waals surface area (Å²) in [5.41, 5.74) is 7.05. The molecule has 21 heavy (non-hydrogen) atoms. The first-order valence-corrected chi connectivity index (χ1v) is 7.88. The molecule has 1 aromatic carbocycles. The molecule has 0 aliphatic heterocycles. The van der Waals surface area contributed by atoms with Gasteiger partial charge in [0.15, 0.2) is 0 Å². The van der Waals surface area contributed by atoms with Crippen molar-refractivity contribution >= 4 is 10.0 Å². The normalized spacial score (nSPS) is 11.8. The molecule has 0 fully saturated rings. The summed E-state index contributed by atoms with van der Waals surface area (Å²) in [6.07, 6.45) is 1.46. The fraction of sp³-hybridized carbons (Fsp3) is 0.286. The highest BCUT2D eigenvalue weighted by Gasteiger charge is 2.22. The Kier molecular flexibility index (Phi) is 4.66. The van der Waals surface area contributed by atoms with Crippen molar-refractivity contribution < 1.29 is 13.2 Å². The van der Waals surface area contributed by atoms with Crippen LogP contribution < -0.4 is 10.5 Å². The van der Waals surface area contributed by atoms with Crippen molar-refractivity contribution in [2.24, 2.45) is 5.73 Å². The van der Waals surface area contributed by atoms with Crippen LogP contribution in [-0.2, 0) is 23.1 Å². The van der Waals surface area contributed by atoms with Crippen molar-refractivity contribution in [3.8, 4) is 5.75 Å². The lowest BCUT2D eigenvalue weighted by Crippen LogP contribution is -2.26. The van der Waals surface area contributed by atoms with Crippen molar-refractivity contribution in [2.75, 3.05) is 14.2 Å².